The number of nitrogens with zero attached hydrogens (tertiary/aromatic N) is 3. The van der Waals surface area contributed by atoms with Gasteiger partial charge < -0.3 is 26.8 Å². The normalized spacial score (nSPS) is 11.0. The van der Waals surface area contributed by atoms with E-state index in [-0.39, 0.29) is 11.9 Å². The summed E-state index contributed by atoms with van der Waals surface area (Å²) < 4.78 is 4.74. The lowest BCUT2D eigenvalue weighted by Crippen LogP contribution is -2.26. The van der Waals surface area contributed by atoms with Gasteiger partial charge in [0.25, 0.3) is 0 Å². The largest absolute Gasteiger partial charge is 0.465 e. The smallest absolute Gasteiger partial charge is 0.337 e. The van der Waals surface area contributed by atoms with Crippen LogP contribution < -0.4 is 22.1 Å². The Labute approximate surface area is 129 Å². The minimum atomic E-state index is -0.416. The maximum atomic E-state index is 11.7. The lowest BCUT2D eigenvalue weighted by Gasteiger charge is -2.23. The van der Waals surface area contributed by atoms with E-state index in [0.29, 0.717) is 11.3 Å². The zero-order valence-electron chi connectivity index (χ0n) is 13.0. The molecular formula is C14H22N6O2. The van der Waals surface area contributed by atoms with Crippen LogP contribution in [0.25, 0.3) is 0 Å². The summed E-state index contributed by atoms with van der Waals surface area (Å²) in [6.07, 6.45) is 0. The molecule has 0 radical (unpaired) electrons. The molecule has 0 saturated heterocycles. The van der Waals surface area contributed by atoms with Crippen LogP contribution in [0, 0.1) is 0 Å². The van der Waals surface area contributed by atoms with Crippen molar-refractivity contribution < 1.29 is 9.53 Å². The topological polar surface area (TPSA) is 132 Å². The third-order valence-corrected chi connectivity index (χ3v) is 2.98. The third kappa shape index (κ3) is 4.37. The molecule has 1 rings (SSSR count). The second-order valence-electron chi connectivity index (χ2n) is 4.37. The summed E-state index contributed by atoms with van der Waals surface area (Å²) in [5, 5.41) is 0. The maximum Gasteiger partial charge on any atom is 0.337 e. The van der Waals surface area contributed by atoms with Crippen molar-refractivity contribution in [3.8, 4) is 0 Å². The van der Waals surface area contributed by atoms with Gasteiger partial charge in [0, 0.05) is 13.1 Å². The van der Waals surface area contributed by atoms with E-state index < -0.39 is 5.97 Å². The van der Waals surface area contributed by atoms with E-state index in [1.54, 1.807) is 18.2 Å². The van der Waals surface area contributed by atoms with Crippen molar-refractivity contribution in [3.63, 3.8) is 0 Å². The van der Waals surface area contributed by atoms with Crippen molar-refractivity contribution >= 4 is 29.3 Å². The maximum absolute atomic E-state index is 11.7. The zero-order chi connectivity index (χ0) is 16.7. The summed E-state index contributed by atoms with van der Waals surface area (Å²) in [5.41, 5.74) is 18.0. The molecule has 0 amide bonds. The Bertz CT molecular complexity index is 589. The zero-order valence-corrected chi connectivity index (χ0v) is 13.0. The molecule has 0 aromatic heterocycles. The molecule has 6 N–H and O–H groups in total. The number of rotatable bonds is 5. The Morgan fingerprint density at radius 1 is 1.23 bits per heavy atom. The second-order valence-corrected chi connectivity index (χ2v) is 4.37. The van der Waals surface area contributed by atoms with Crippen molar-refractivity contribution in [2.24, 2.45) is 27.2 Å². The molecule has 0 bridgehead atoms. The fourth-order valence-electron chi connectivity index (χ4n) is 1.96. The molecule has 0 aliphatic carbocycles. The van der Waals surface area contributed by atoms with Crippen LogP contribution in [-0.2, 0) is 4.74 Å². The molecule has 22 heavy (non-hydrogen) atoms. The van der Waals surface area contributed by atoms with Gasteiger partial charge in [0.15, 0.2) is 5.96 Å². The number of nitrogens with two attached hydrogens (primary N) is 3. The van der Waals surface area contributed by atoms with Gasteiger partial charge >= 0.3 is 5.97 Å². The Balaban J connectivity index is 3.37. The highest BCUT2D eigenvalue weighted by Crippen LogP contribution is 2.30. The highest BCUT2D eigenvalue weighted by molar-refractivity contribution is 5.96. The standard InChI is InChI=1S/C14H22N6O2/c1-4-20(5-2)11-8-9(12(21)22-3)6-7-10(11)18-14(17)19-13(15)16/h6-8H,4-5H2,1-3H3,(H6,15,16,17,18,19). The summed E-state index contributed by atoms with van der Waals surface area (Å²) in [5.74, 6) is -0.642. The van der Waals surface area contributed by atoms with Gasteiger partial charge in [0.2, 0.25) is 5.96 Å². The first-order valence-corrected chi connectivity index (χ1v) is 6.84. The predicted octanol–water partition coefficient (Wildman–Crippen LogP) is 0.539. The molecule has 0 unspecified atom stereocenters. The van der Waals surface area contributed by atoms with Crippen LogP contribution in [0.1, 0.15) is 24.2 Å². The highest BCUT2D eigenvalue weighted by atomic mass is 16.5. The van der Waals surface area contributed by atoms with Crippen molar-refractivity contribution in [2.75, 3.05) is 25.1 Å². The van der Waals surface area contributed by atoms with E-state index in [9.17, 15) is 4.79 Å². The number of methoxy groups -OCH3 is 1. The lowest BCUT2D eigenvalue weighted by atomic mass is 10.1. The highest BCUT2D eigenvalue weighted by Gasteiger charge is 2.13. The minimum Gasteiger partial charge on any atom is -0.465 e. The number of benzene rings is 1. The van der Waals surface area contributed by atoms with Gasteiger partial charge in [-0.1, -0.05) is 0 Å². The van der Waals surface area contributed by atoms with Crippen LogP contribution in [0.4, 0.5) is 11.4 Å². The fourth-order valence-corrected chi connectivity index (χ4v) is 1.96. The van der Waals surface area contributed by atoms with E-state index in [0.717, 1.165) is 18.8 Å². The first-order valence-electron chi connectivity index (χ1n) is 6.84. The molecule has 0 aliphatic rings. The van der Waals surface area contributed by atoms with Gasteiger partial charge in [-0.15, -0.1) is 0 Å². The fraction of sp³-hybridized carbons (Fsp3) is 0.357. The van der Waals surface area contributed by atoms with E-state index >= 15 is 0 Å². The summed E-state index contributed by atoms with van der Waals surface area (Å²) in [6.45, 7) is 5.49. The molecule has 0 spiro atoms. The molecule has 8 nitrogen and oxygen atoms in total. The van der Waals surface area contributed by atoms with Gasteiger partial charge in [-0.2, -0.15) is 4.99 Å². The summed E-state index contributed by atoms with van der Waals surface area (Å²) >= 11 is 0. The predicted molar refractivity (Wildman–Crippen MR) is 88.4 cm³/mol. The Hall–Kier alpha value is -2.77. The average molecular weight is 306 g/mol. The third-order valence-electron chi connectivity index (χ3n) is 2.98. The van der Waals surface area contributed by atoms with Crippen molar-refractivity contribution in [2.45, 2.75) is 13.8 Å². The summed E-state index contributed by atoms with van der Waals surface area (Å²) in [6, 6.07) is 5.00. The van der Waals surface area contributed by atoms with E-state index in [2.05, 4.69) is 9.98 Å². The SMILES string of the molecule is CCN(CC)c1cc(C(=O)OC)ccc1N=C(N)N=C(N)N. The molecule has 1 aromatic rings. The van der Waals surface area contributed by atoms with Crippen molar-refractivity contribution in [3.05, 3.63) is 23.8 Å². The second kappa shape index (κ2) is 7.87. The van der Waals surface area contributed by atoms with Crippen LogP contribution in [0.3, 0.4) is 0 Å². The summed E-state index contributed by atoms with van der Waals surface area (Å²) in [4.78, 5) is 21.6. The van der Waals surface area contributed by atoms with Crippen molar-refractivity contribution in [1.29, 1.82) is 0 Å². The first-order chi connectivity index (χ1) is 10.4. The van der Waals surface area contributed by atoms with Gasteiger partial charge in [-0.25, -0.2) is 9.79 Å². The lowest BCUT2D eigenvalue weighted by molar-refractivity contribution is 0.0601. The van der Waals surface area contributed by atoms with Gasteiger partial charge in [-0.3, -0.25) is 0 Å². The number of guanidine groups is 2. The molecule has 0 fully saturated rings. The van der Waals surface area contributed by atoms with Gasteiger partial charge in [0.1, 0.15) is 0 Å². The Kier molecular flexibility index (Phi) is 6.18. The van der Waals surface area contributed by atoms with Crippen LogP contribution >= 0.6 is 0 Å². The molecule has 0 saturated carbocycles. The van der Waals surface area contributed by atoms with Gasteiger partial charge in [0.05, 0.1) is 24.0 Å². The van der Waals surface area contributed by atoms with E-state index in [1.165, 1.54) is 7.11 Å². The van der Waals surface area contributed by atoms with Crippen LogP contribution in [0.2, 0.25) is 0 Å². The Morgan fingerprint density at radius 3 is 2.36 bits per heavy atom. The monoisotopic (exact) mass is 306 g/mol. The number of carbonyl (C=O) groups excluding carboxylic acids is 1. The van der Waals surface area contributed by atoms with E-state index in [4.69, 9.17) is 21.9 Å². The number of ether oxygens (including phenoxy) is 1. The molecule has 0 atom stereocenters. The number of carbonyl (C=O) groups is 1. The summed E-state index contributed by atoms with van der Waals surface area (Å²) in [7, 11) is 1.34. The number of anilines is 1. The van der Waals surface area contributed by atoms with Crippen molar-refractivity contribution in [1.82, 2.24) is 0 Å². The average Bonchev–Trinajstić information content (AvgIpc) is 2.48. The molecule has 0 aliphatic heterocycles. The van der Waals surface area contributed by atoms with Gasteiger partial charge in [-0.05, 0) is 32.0 Å². The van der Waals surface area contributed by atoms with Crippen LogP contribution in [0.15, 0.2) is 28.2 Å². The number of aliphatic imine (C=N–C) groups is 2. The Morgan fingerprint density at radius 2 is 1.86 bits per heavy atom. The van der Waals surface area contributed by atoms with Crippen LogP contribution in [-0.4, -0.2) is 38.1 Å². The minimum absolute atomic E-state index is 0.0563. The molecule has 1 aromatic carbocycles. The molecule has 0 heterocycles. The first kappa shape index (κ1) is 17.3. The molecular weight excluding hydrogens is 284 g/mol. The number of hydrogen-bond acceptors (Lipinski definition) is 4. The molecule has 8 heteroatoms. The quantitative estimate of drug-likeness (QED) is 0.413. The molecule has 120 valence electrons. The number of esters is 1. The number of hydrogen-bond donors (Lipinski definition) is 3. The van der Waals surface area contributed by atoms with E-state index in [1.807, 2.05) is 18.7 Å². The van der Waals surface area contributed by atoms with Crippen LogP contribution in [0.5, 0.6) is 0 Å².